The zero-order valence-electron chi connectivity index (χ0n) is 13.8. The van der Waals surface area contributed by atoms with Gasteiger partial charge in [-0.05, 0) is 36.4 Å². The van der Waals surface area contributed by atoms with Crippen molar-refractivity contribution in [3.63, 3.8) is 0 Å². The van der Waals surface area contributed by atoms with E-state index in [-0.39, 0.29) is 28.8 Å². The van der Waals surface area contributed by atoms with Crippen LogP contribution < -0.4 is 5.73 Å². The number of rotatable bonds is 2. The van der Waals surface area contributed by atoms with Crippen LogP contribution >= 0.6 is 23.8 Å². The van der Waals surface area contributed by atoms with E-state index in [0.717, 1.165) is 0 Å². The van der Waals surface area contributed by atoms with Crippen molar-refractivity contribution >= 4 is 40.5 Å². The molecule has 2 aromatic heterocycles. The van der Waals surface area contributed by atoms with Gasteiger partial charge >= 0.3 is 0 Å². The van der Waals surface area contributed by atoms with E-state index in [1.165, 1.54) is 11.2 Å². The van der Waals surface area contributed by atoms with Gasteiger partial charge in [-0.3, -0.25) is 9.69 Å². The number of hydrogen-bond donors (Lipinski definition) is 1. The highest BCUT2D eigenvalue weighted by atomic mass is 35.5. The first kappa shape index (κ1) is 17.2. The molecular weight excluding hydrogens is 384 g/mol. The predicted octanol–water partition coefficient (Wildman–Crippen LogP) is 3.78. The van der Waals surface area contributed by atoms with E-state index < -0.39 is 0 Å². The number of pyridine rings is 1. The number of furan rings is 1. The van der Waals surface area contributed by atoms with Crippen LogP contribution in [0.3, 0.4) is 0 Å². The van der Waals surface area contributed by atoms with Gasteiger partial charge in [-0.25, -0.2) is 4.98 Å². The Morgan fingerprint density at radius 2 is 2.04 bits per heavy atom. The second-order valence-corrected chi connectivity index (χ2v) is 6.68. The zero-order valence-corrected chi connectivity index (χ0v) is 15.3. The maximum Gasteiger partial charge on any atom is 0.259 e. The Hall–Kier alpha value is -3.21. The van der Waals surface area contributed by atoms with Crippen LogP contribution in [0.5, 0.6) is 0 Å². The summed E-state index contributed by atoms with van der Waals surface area (Å²) < 4.78 is 5.47. The van der Waals surface area contributed by atoms with Gasteiger partial charge in [0.25, 0.3) is 5.91 Å². The number of nitriles is 1. The number of amides is 1. The van der Waals surface area contributed by atoms with E-state index in [0.29, 0.717) is 33.2 Å². The van der Waals surface area contributed by atoms with E-state index in [1.807, 2.05) is 0 Å². The number of aromatic nitrogens is 1. The van der Waals surface area contributed by atoms with Crippen LogP contribution in [0.25, 0.3) is 11.3 Å². The van der Waals surface area contributed by atoms with Crippen molar-refractivity contribution in [3.05, 3.63) is 70.1 Å². The number of carbonyl (C=O) groups excluding carboxylic acids is 1. The maximum atomic E-state index is 12.9. The molecule has 0 atom stereocenters. The number of hydrogen-bond acceptors (Lipinski definition) is 6. The summed E-state index contributed by atoms with van der Waals surface area (Å²) >= 11 is 11.4. The number of carbonyl (C=O) groups is 1. The molecule has 0 unspecified atom stereocenters. The molecule has 3 aromatic rings. The molecule has 0 bridgehead atoms. The lowest BCUT2D eigenvalue weighted by Crippen LogP contribution is -2.30. The molecule has 1 amide bonds. The number of nitrogens with zero attached hydrogens (tertiary/aromatic N) is 3. The summed E-state index contributed by atoms with van der Waals surface area (Å²) in [5, 5.41) is 10.1. The van der Waals surface area contributed by atoms with E-state index >= 15 is 0 Å². The van der Waals surface area contributed by atoms with Gasteiger partial charge < -0.3 is 10.2 Å². The average molecular weight is 395 g/mol. The van der Waals surface area contributed by atoms with E-state index in [1.54, 1.807) is 36.4 Å². The molecule has 1 aliphatic rings. The minimum absolute atomic E-state index is 0.0752. The maximum absolute atomic E-state index is 12.9. The van der Waals surface area contributed by atoms with Gasteiger partial charge in [0.05, 0.1) is 24.1 Å². The van der Waals surface area contributed by atoms with E-state index in [4.69, 9.17) is 34.0 Å². The van der Waals surface area contributed by atoms with Crippen molar-refractivity contribution in [2.24, 2.45) is 0 Å². The van der Waals surface area contributed by atoms with Crippen LogP contribution in [0.15, 0.2) is 47.1 Å². The molecule has 0 saturated carbocycles. The van der Waals surface area contributed by atoms with Gasteiger partial charge in [-0.1, -0.05) is 23.8 Å². The molecule has 1 aliphatic heterocycles. The van der Waals surface area contributed by atoms with Crippen LogP contribution in [-0.2, 0) is 6.54 Å². The molecule has 4 rings (SSSR count). The van der Waals surface area contributed by atoms with Gasteiger partial charge in [-0.15, -0.1) is 0 Å². The molecule has 0 aliphatic carbocycles. The quantitative estimate of drug-likeness (QED) is 0.664. The summed E-state index contributed by atoms with van der Waals surface area (Å²) in [6, 6.07) is 12.0. The van der Waals surface area contributed by atoms with Gasteiger partial charge in [0, 0.05) is 16.1 Å². The third-order valence-electron chi connectivity index (χ3n) is 4.28. The standard InChI is InChI=1S/C19H11ClN4O2S/c20-11-5-3-10(4-6-11)18(25)24-9-13-16(19(24)27)15(14-2-1-7-26-14)12(8-21)17(22)23-13/h1-7H,9H2,(H2,22,23). The fourth-order valence-electron chi connectivity index (χ4n) is 3.05. The Labute approximate surface area is 164 Å². The zero-order chi connectivity index (χ0) is 19.1. The highest BCUT2D eigenvalue weighted by Gasteiger charge is 2.36. The Bertz CT molecular complexity index is 1120. The Kier molecular flexibility index (Phi) is 4.15. The normalized spacial score (nSPS) is 12.7. The summed E-state index contributed by atoms with van der Waals surface area (Å²) in [5.74, 6) is 0.239. The molecule has 2 N–H and O–H groups in total. The lowest BCUT2D eigenvalue weighted by atomic mass is 10.00. The number of fused-ring (bicyclic) bond motifs is 1. The second kappa shape index (κ2) is 6.50. The van der Waals surface area contributed by atoms with Crippen molar-refractivity contribution in [1.82, 2.24) is 9.88 Å². The molecule has 1 aromatic carbocycles. The second-order valence-electron chi connectivity index (χ2n) is 5.86. The first-order valence-electron chi connectivity index (χ1n) is 7.89. The molecule has 0 spiro atoms. The average Bonchev–Trinajstić information content (AvgIpc) is 3.29. The third-order valence-corrected chi connectivity index (χ3v) is 4.96. The fourth-order valence-corrected chi connectivity index (χ4v) is 3.54. The number of thiocarbonyl (C=S) groups is 1. The van der Waals surface area contributed by atoms with Crippen LogP contribution in [0.2, 0.25) is 5.02 Å². The molecule has 3 heterocycles. The van der Waals surface area contributed by atoms with E-state index in [2.05, 4.69) is 11.1 Å². The lowest BCUT2D eigenvalue weighted by molar-refractivity contribution is 0.0848. The van der Waals surface area contributed by atoms with Gasteiger partial charge in [-0.2, -0.15) is 5.26 Å². The molecule has 0 fully saturated rings. The summed E-state index contributed by atoms with van der Waals surface area (Å²) in [4.78, 5) is 18.9. The number of benzene rings is 1. The van der Waals surface area contributed by atoms with Crippen molar-refractivity contribution < 1.29 is 9.21 Å². The van der Waals surface area contributed by atoms with Crippen LogP contribution in [-0.4, -0.2) is 20.8 Å². The molecule has 0 saturated heterocycles. The molecular formula is C19H11ClN4O2S. The van der Waals surface area contributed by atoms with Crippen LogP contribution in [0.1, 0.15) is 27.2 Å². The summed E-state index contributed by atoms with van der Waals surface area (Å²) in [6.07, 6.45) is 1.49. The number of anilines is 1. The molecule has 132 valence electrons. The van der Waals surface area contributed by atoms with Crippen LogP contribution in [0.4, 0.5) is 5.82 Å². The smallest absolute Gasteiger partial charge is 0.259 e. The lowest BCUT2D eigenvalue weighted by Gasteiger charge is -2.16. The SMILES string of the molecule is N#Cc1c(N)nc2c(c1-c1ccco1)C(=S)N(C(=O)c1ccc(Cl)cc1)C2. The summed E-state index contributed by atoms with van der Waals surface area (Å²) in [6.45, 7) is 0.166. The summed E-state index contributed by atoms with van der Waals surface area (Å²) in [7, 11) is 0. The van der Waals surface area contributed by atoms with Gasteiger partial charge in [0.2, 0.25) is 0 Å². The highest BCUT2D eigenvalue weighted by Crippen LogP contribution is 2.37. The van der Waals surface area contributed by atoms with Gasteiger partial charge in [0.15, 0.2) is 0 Å². The van der Waals surface area contributed by atoms with Crippen molar-refractivity contribution in [2.45, 2.75) is 6.54 Å². The molecule has 27 heavy (non-hydrogen) atoms. The third kappa shape index (κ3) is 2.76. The molecule has 6 nitrogen and oxygen atoms in total. The summed E-state index contributed by atoms with van der Waals surface area (Å²) in [5.41, 5.74) is 8.10. The first-order valence-corrected chi connectivity index (χ1v) is 8.68. The number of nitrogens with two attached hydrogens (primary N) is 1. The fraction of sp³-hybridized carbons (Fsp3) is 0.0526. The van der Waals surface area contributed by atoms with E-state index in [9.17, 15) is 10.1 Å². The number of nitrogen functional groups attached to an aromatic ring is 1. The van der Waals surface area contributed by atoms with Crippen LogP contribution in [0, 0.1) is 11.3 Å². The molecule has 8 heteroatoms. The van der Waals surface area contributed by atoms with Crippen molar-refractivity contribution in [2.75, 3.05) is 5.73 Å². The predicted molar refractivity (Wildman–Crippen MR) is 104 cm³/mol. The first-order chi connectivity index (χ1) is 13.0. The largest absolute Gasteiger partial charge is 0.464 e. The Morgan fingerprint density at radius 3 is 2.67 bits per heavy atom. The van der Waals surface area contributed by atoms with Crippen molar-refractivity contribution in [1.29, 1.82) is 5.26 Å². The molecule has 0 radical (unpaired) electrons. The highest BCUT2D eigenvalue weighted by molar-refractivity contribution is 7.80. The minimum Gasteiger partial charge on any atom is -0.464 e. The number of halogens is 1. The van der Waals surface area contributed by atoms with Crippen molar-refractivity contribution in [3.8, 4) is 17.4 Å². The monoisotopic (exact) mass is 394 g/mol. The minimum atomic E-state index is -0.280. The van der Waals surface area contributed by atoms with Gasteiger partial charge in [0.1, 0.15) is 28.2 Å². The Morgan fingerprint density at radius 1 is 1.30 bits per heavy atom. The Balaban J connectivity index is 1.83. The topological polar surface area (TPSA) is 96.2 Å².